The molecule has 0 fully saturated rings. The van der Waals surface area contributed by atoms with Gasteiger partial charge in [0.25, 0.3) is 0 Å². The third-order valence-electron chi connectivity index (χ3n) is 5.54. The highest BCUT2D eigenvalue weighted by molar-refractivity contribution is 8.00. The number of thioether (sulfide) groups is 1. The molecule has 0 spiro atoms. The average molecular weight is 540 g/mol. The lowest BCUT2D eigenvalue weighted by Gasteiger charge is -2.21. The molecule has 0 aliphatic carbocycles. The molecular formula is C26H33N7O2S2. The Kier molecular flexibility index (Phi) is 8.35. The molecular weight excluding hydrogens is 506 g/mol. The highest BCUT2D eigenvalue weighted by Crippen LogP contribution is 2.36. The van der Waals surface area contributed by atoms with E-state index in [9.17, 15) is 4.79 Å². The summed E-state index contributed by atoms with van der Waals surface area (Å²) in [5.74, 6) is 0.661. The summed E-state index contributed by atoms with van der Waals surface area (Å²) in [6, 6.07) is 2.14. The summed E-state index contributed by atoms with van der Waals surface area (Å²) in [4.78, 5) is 20.5. The van der Waals surface area contributed by atoms with Crippen molar-refractivity contribution in [3.8, 4) is 11.3 Å². The molecule has 0 atom stereocenters. The van der Waals surface area contributed by atoms with E-state index in [0.717, 1.165) is 33.2 Å². The topological polar surface area (TPSA) is 98.4 Å². The quantitative estimate of drug-likeness (QED) is 0.152. The molecule has 2 N–H and O–H groups in total. The van der Waals surface area contributed by atoms with Gasteiger partial charge in [-0.1, -0.05) is 6.08 Å². The van der Waals surface area contributed by atoms with Gasteiger partial charge in [0.1, 0.15) is 0 Å². The van der Waals surface area contributed by atoms with E-state index in [1.54, 1.807) is 27.8 Å². The van der Waals surface area contributed by atoms with Crippen molar-refractivity contribution in [3.63, 3.8) is 0 Å². The number of hydrogen-bond acceptors (Lipinski definition) is 8. The van der Waals surface area contributed by atoms with Crippen LogP contribution in [0.15, 0.2) is 41.1 Å². The van der Waals surface area contributed by atoms with Crippen molar-refractivity contribution in [3.05, 3.63) is 48.2 Å². The summed E-state index contributed by atoms with van der Waals surface area (Å²) in [6.07, 6.45) is 13.2. The molecule has 0 unspecified atom stereocenters. The predicted molar refractivity (Wildman–Crippen MR) is 152 cm³/mol. The average Bonchev–Trinajstić information content (AvgIpc) is 3.55. The Hall–Kier alpha value is -3.15. The first-order valence-corrected chi connectivity index (χ1v) is 14.0. The maximum atomic E-state index is 10.7. The van der Waals surface area contributed by atoms with Gasteiger partial charge >= 0.3 is 0 Å². The van der Waals surface area contributed by atoms with Crippen molar-refractivity contribution in [2.45, 2.75) is 43.9 Å². The number of hydrogen-bond donors (Lipinski definition) is 2. The number of anilines is 2. The van der Waals surface area contributed by atoms with Crippen LogP contribution >= 0.6 is 23.1 Å². The molecule has 4 aromatic heterocycles. The number of thiophene rings is 1. The molecule has 4 heterocycles. The fraction of sp³-hybridized carbons (Fsp3) is 0.385. The normalized spacial score (nSPS) is 12.3. The smallest absolute Gasteiger partial charge is 0.207 e. The third kappa shape index (κ3) is 6.60. The van der Waals surface area contributed by atoms with Gasteiger partial charge in [0.05, 0.1) is 45.2 Å². The van der Waals surface area contributed by atoms with Crippen molar-refractivity contribution >= 4 is 51.5 Å². The first kappa shape index (κ1) is 26.9. The lowest BCUT2D eigenvalue weighted by atomic mass is 10.1. The van der Waals surface area contributed by atoms with Crippen LogP contribution in [0.2, 0.25) is 0 Å². The molecule has 0 aliphatic heterocycles. The molecule has 4 rings (SSSR count). The van der Waals surface area contributed by atoms with E-state index in [1.807, 2.05) is 57.0 Å². The number of carbonyl (C=O) groups is 1. The van der Waals surface area contributed by atoms with Gasteiger partial charge in [0.2, 0.25) is 6.41 Å². The number of carbonyl (C=O) groups excluding carboxylic acids is 1. The van der Waals surface area contributed by atoms with Gasteiger partial charge < -0.3 is 15.4 Å². The Morgan fingerprint density at radius 2 is 2.08 bits per heavy atom. The van der Waals surface area contributed by atoms with Crippen LogP contribution in [0.5, 0.6) is 0 Å². The Morgan fingerprint density at radius 1 is 1.27 bits per heavy atom. The highest BCUT2D eigenvalue weighted by Gasteiger charge is 2.19. The predicted octanol–water partition coefficient (Wildman–Crippen LogP) is 5.30. The first-order valence-electron chi connectivity index (χ1n) is 12.0. The van der Waals surface area contributed by atoms with Gasteiger partial charge in [-0.15, -0.1) is 23.1 Å². The molecule has 37 heavy (non-hydrogen) atoms. The zero-order chi connectivity index (χ0) is 26.6. The maximum Gasteiger partial charge on any atom is 0.207 e. The van der Waals surface area contributed by atoms with Gasteiger partial charge in [-0.2, -0.15) is 5.10 Å². The summed E-state index contributed by atoms with van der Waals surface area (Å²) in [6.45, 7) is 9.12. The Bertz CT molecular complexity index is 1410. The molecule has 1 amide bonds. The van der Waals surface area contributed by atoms with Crippen molar-refractivity contribution in [1.29, 1.82) is 0 Å². The van der Waals surface area contributed by atoms with Crippen LogP contribution in [0.25, 0.3) is 22.5 Å². The van der Waals surface area contributed by atoms with Crippen LogP contribution < -0.4 is 10.6 Å². The van der Waals surface area contributed by atoms with Crippen LogP contribution in [0.4, 0.5) is 10.8 Å². The van der Waals surface area contributed by atoms with E-state index in [4.69, 9.17) is 14.7 Å². The second-order valence-corrected chi connectivity index (χ2v) is 11.7. The zero-order valence-corrected chi connectivity index (χ0v) is 23.7. The third-order valence-corrected chi connectivity index (χ3v) is 7.93. The fourth-order valence-corrected chi connectivity index (χ4v) is 5.55. The van der Waals surface area contributed by atoms with E-state index in [-0.39, 0.29) is 5.60 Å². The molecule has 0 radical (unpaired) electrons. The molecule has 0 aliphatic rings. The Labute approximate surface area is 225 Å². The van der Waals surface area contributed by atoms with Crippen LogP contribution in [0.1, 0.15) is 38.4 Å². The van der Waals surface area contributed by atoms with Crippen LogP contribution in [0, 0.1) is 6.92 Å². The number of ether oxygens (including phenoxy) is 1. The molecule has 196 valence electrons. The van der Waals surface area contributed by atoms with Crippen molar-refractivity contribution in [1.82, 2.24) is 29.5 Å². The van der Waals surface area contributed by atoms with Crippen LogP contribution in [0.3, 0.4) is 0 Å². The molecule has 0 aromatic carbocycles. The molecule has 0 bridgehead atoms. The number of nitrogens with one attached hydrogen (secondary N) is 2. The number of amides is 1. The van der Waals surface area contributed by atoms with E-state index in [1.165, 1.54) is 9.77 Å². The number of fused-ring (bicyclic) bond motifs is 1. The summed E-state index contributed by atoms with van der Waals surface area (Å²) in [5.41, 5.74) is 5.22. The SMILES string of the molecule is CSc1sc(Nc2nc(/C(=C/CCNC=O)COC(C)(C)C)cn3c(-c4cnn(C)c4)cnc23)cc1C. The van der Waals surface area contributed by atoms with Gasteiger partial charge in [0, 0.05) is 37.1 Å². The van der Waals surface area contributed by atoms with Gasteiger partial charge in [-0.05, 0) is 52.0 Å². The van der Waals surface area contributed by atoms with E-state index >= 15 is 0 Å². The lowest BCUT2D eigenvalue weighted by Crippen LogP contribution is -2.21. The minimum absolute atomic E-state index is 0.316. The van der Waals surface area contributed by atoms with Gasteiger partial charge in [-0.3, -0.25) is 13.9 Å². The Balaban J connectivity index is 1.83. The highest BCUT2D eigenvalue weighted by atomic mass is 32.2. The van der Waals surface area contributed by atoms with Crippen molar-refractivity contribution in [2.75, 3.05) is 24.7 Å². The first-order chi connectivity index (χ1) is 17.7. The number of aryl methyl sites for hydroxylation is 2. The summed E-state index contributed by atoms with van der Waals surface area (Å²) < 4.78 is 11.2. The van der Waals surface area contributed by atoms with Gasteiger partial charge in [-0.25, -0.2) is 9.97 Å². The van der Waals surface area contributed by atoms with Crippen molar-refractivity contribution < 1.29 is 9.53 Å². The van der Waals surface area contributed by atoms with Crippen LogP contribution in [-0.2, 0) is 16.6 Å². The second kappa shape index (κ2) is 11.5. The number of nitrogens with zero attached hydrogens (tertiary/aromatic N) is 5. The minimum Gasteiger partial charge on any atom is -0.371 e. The second-order valence-electron chi connectivity index (χ2n) is 9.62. The maximum absolute atomic E-state index is 10.7. The molecule has 0 saturated carbocycles. The Morgan fingerprint density at radius 3 is 2.73 bits per heavy atom. The summed E-state index contributed by atoms with van der Waals surface area (Å²) in [5, 5.41) is 11.6. The van der Waals surface area contributed by atoms with E-state index < -0.39 is 0 Å². The summed E-state index contributed by atoms with van der Waals surface area (Å²) >= 11 is 3.43. The van der Waals surface area contributed by atoms with Gasteiger partial charge in [0.15, 0.2) is 11.5 Å². The number of imidazole rings is 1. The number of rotatable bonds is 11. The largest absolute Gasteiger partial charge is 0.371 e. The van der Waals surface area contributed by atoms with E-state index in [0.29, 0.717) is 31.8 Å². The lowest BCUT2D eigenvalue weighted by molar-refractivity contribution is -0.109. The molecule has 11 heteroatoms. The molecule has 9 nitrogen and oxygen atoms in total. The van der Waals surface area contributed by atoms with Crippen LogP contribution in [-0.4, -0.2) is 55.6 Å². The fourth-order valence-electron chi connectivity index (χ4n) is 3.76. The summed E-state index contributed by atoms with van der Waals surface area (Å²) in [7, 11) is 1.90. The minimum atomic E-state index is -0.316. The standard InChI is InChI=1S/C26H33N7O2S2/c1-17-10-22(37-25(17)36-6)31-23-24-28-12-21(19-11-29-32(5)13-19)33(24)14-20(30-23)18(8-7-9-27-16-34)15-35-26(2,3)4/h8,10-14,16H,7,9,15H2,1-6H3,(H,27,34)(H,30,31)/b18-8+. The zero-order valence-electron chi connectivity index (χ0n) is 22.0. The number of aromatic nitrogens is 5. The van der Waals surface area contributed by atoms with E-state index in [2.05, 4.69) is 41.1 Å². The van der Waals surface area contributed by atoms with Crippen molar-refractivity contribution in [2.24, 2.45) is 7.05 Å². The molecule has 4 aromatic rings. The molecule has 0 saturated heterocycles. The monoisotopic (exact) mass is 539 g/mol.